The van der Waals surface area contributed by atoms with E-state index in [4.69, 9.17) is 0 Å². The Morgan fingerprint density at radius 1 is 0.411 bits per heavy atom. The number of allylic oxidation sites excluding steroid dienone is 5. The average Bonchev–Trinajstić information content (AvgIpc) is 3.20. The van der Waals surface area contributed by atoms with Gasteiger partial charge >= 0.3 is 0 Å². The van der Waals surface area contributed by atoms with Crippen molar-refractivity contribution in [2.45, 2.75) is 283 Å². The second-order valence-corrected chi connectivity index (χ2v) is 17.2. The van der Waals surface area contributed by atoms with Gasteiger partial charge in [0.1, 0.15) is 0 Å². The third-order valence-electron chi connectivity index (χ3n) is 11.6. The molecule has 0 aliphatic carbocycles. The molecular formula is C52H99NO3. The highest BCUT2D eigenvalue weighted by Gasteiger charge is 2.17. The Morgan fingerprint density at radius 2 is 0.696 bits per heavy atom. The Balaban J connectivity index is 3.53. The maximum atomic E-state index is 12.4. The van der Waals surface area contributed by atoms with Gasteiger partial charge in [0.05, 0.1) is 18.8 Å². The molecule has 0 fully saturated rings. The maximum absolute atomic E-state index is 12.4. The molecule has 0 aromatic heterocycles. The maximum Gasteiger partial charge on any atom is 0.220 e. The van der Waals surface area contributed by atoms with Crippen LogP contribution in [-0.4, -0.2) is 34.9 Å². The monoisotopic (exact) mass is 786 g/mol. The van der Waals surface area contributed by atoms with Crippen LogP contribution in [0, 0.1) is 0 Å². The van der Waals surface area contributed by atoms with E-state index < -0.39 is 12.1 Å². The lowest BCUT2D eigenvalue weighted by atomic mass is 10.0. The quantitative estimate of drug-likeness (QED) is 0.0425. The molecule has 0 heterocycles. The number of carbonyl (C=O) groups is 1. The minimum Gasteiger partial charge on any atom is -0.394 e. The highest BCUT2D eigenvalue weighted by molar-refractivity contribution is 5.76. The van der Waals surface area contributed by atoms with E-state index >= 15 is 0 Å². The zero-order valence-corrected chi connectivity index (χ0v) is 37.9. The first kappa shape index (κ1) is 54.6. The van der Waals surface area contributed by atoms with Gasteiger partial charge < -0.3 is 15.5 Å². The first-order chi connectivity index (χ1) is 27.7. The molecule has 0 bridgehead atoms. The van der Waals surface area contributed by atoms with Gasteiger partial charge in [-0.15, -0.1) is 0 Å². The van der Waals surface area contributed by atoms with Gasteiger partial charge in [-0.25, -0.2) is 0 Å². The van der Waals surface area contributed by atoms with E-state index in [0.29, 0.717) is 6.42 Å². The van der Waals surface area contributed by atoms with Crippen molar-refractivity contribution in [3.05, 3.63) is 36.5 Å². The summed E-state index contributed by atoms with van der Waals surface area (Å²) in [6.07, 6.45) is 64.3. The molecule has 0 radical (unpaired) electrons. The standard InChI is InChI=1S/C52H99NO3/c1-3-5-7-9-11-13-15-17-19-21-23-24-25-26-27-28-29-30-32-34-36-38-40-42-44-46-48-52(56)53-50(49-54)51(55)47-45-43-41-39-37-35-33-31-22-20-18-16-14-12-10-8-6-4-2/h22,31,37,39,45,47,50-51,54-55H,3-21,23-30,32-36,38,40-44,46,48-49H2,1-2H3,(H,53,56)/b31-22+,39-37+,47-45+. The van der Waals surface area contributed by atoms with Crippen LogP contribution < -0.4 is 5.32 Å². The van der Waals surface area contributed by atoms with Crippen LogP contribution in [0.2, 0.25) is 0 Å². The predicted octanol–water partition coefficient (Wildman–Crippen LogP) is 16.1. The van der Waals surface area contributed by atoms with Gasteiger partial charge in [-0.05, 0) is 44.9 Å². The van der Waals surface area contributed by atoms with Crippen molar-refractivity contribution >= 4 is 5.91 Å². The second-order valence-electron chi connectivity index (χ2n) is 17.2. The van der Waals surface area contributed by atoms with E-state index in [9.17, 15) is 15.0 Å². The van der Waals surface area contributed by atoms with Gasteiger partial charge in [0.2, 0.25) is 5.91 Å². The average molecular weight is 786 g/mol. The molecule has 2 unspecified atom stereocenters. The second kappa shape index (κ2) is 48.0. The fourth-order valence-electron chi connectivity index (χ4n) is 7.74. The van der Waals surface area contributed by atoms with Crippen LogP contribution in [0.4, 0.5) is 0 Å². The van der Waals surface area contributed by atoms with E-state index in [2.05, 4.69) is 43.5 Å². The molecule has 0 saturated heterocycles. The van der Waals surface area contributed by atoms with Crippen molar-refractivity contribution in [2.75, 3.05) is 6.61 Å². The zero-order valence-electron chi connectivity index (χ0n) is 37.9. The Morgan fingerprint density at radius 3 is 1.04 bits per heavy atom. The van der Waals surface area contributed by atoms with Gasteiger partial charge in [-0.3, -0.25) is 4.79 Å². The number of hydrogen-bond donors (Lipinski definition) is 3. The molecule has 0 aromatic rings. The number of nitrogens with one attached hydrogen (secondary N) is 1. The smallest absolute Gasteiger partial charge is 0.220 e. The van der Waals surface area contributed by atoms with E-state index in [1.165, 1.54) is 212 Å². The summed E-state index contributed by atoms with van der Waals surface area (Å²) < 4.78 is 0. The summed E-state index contributed by atoms with van der Waals surface area (Å²) in [6.45, 7) is 4.31. The van der Waals surface area contributed by atoms with Crippen molar-refractivity contribution in [3.8, 4) is 0 Å². The van der Waals surface area contributed by atoms with E-state index in [1.807, 2.05) is 6.08 Å². The van der Waals surface area contributed by atoms with Gasteiger partial charge in [0, 0.05) is 6.42 Å². The summed E-state index contributed by atoms with van der Waals surface area (Å²) in [5, 5.41) is 23.1. The Labute approximate surface area is 351 Å². The minimum atomic E-state index is -0.868. The van der Waals surface area contributed by atoms with Gasteiger partial charge in [-0.2, -0.15) is 0 Å². The first-order valence-electron chi connectivity index (χ1n) is 25.2. The van der Waals surface area contributed by atoms with E-state index in [1.54, 1.807) is 6.08 Å². The fourth-order valence-corrected chi connectivity index (χ4v) is 7.74. The summed E-state index contributed by atoms with van der Waals surface area (Å²) in [7, 11) is 0. The van der Waals surface area contributed by atoms with E-state index in [-0.39, 0.29) is 12.5 Å². The number of carbonyl (C=O) groups excluding carboxylic acids is 1. The van der Waals surface area contributed by atoms with Crippen molar-refractivity contribution in [1.82, 2.24) is 5.32 Å². The molecule has 330 valence electrons. The summed E-state index contributed by atoms with van der Waals surface area (Å²) in [4.78, 5) is 12.4. The first-order valence-corrected chi connectivity index (χ1v) is 25.2. The lowest BCUT2D eigenvalue weighted by Crippen LogP contribution is -2.45. The summed E-state index contributed by atoms with van der Waals surface area (Å²) in [5.74, 6) is -0.0735. The van der Waals surface area contributed by atoms with Crippen LogP contribution >= 0.6 is 0 Å². The number of rotatable bonds is 46. The molecule has 4 heteroatoms. The van der Waals surface area contributed by atoms with Crippen LogP contribution in [0.15, 0.2) is 36.5 Å². The lowest BCUT2D eigenvalue weighted by molar-refractivity contribution is -0.123. The minimum absolute atomic E-state index is 0.0735. The van der Waals surface area contributed by atoms with Crippen LogP contribution in [0.3, 0.4) is 0 Å². The molecule has 0 aliphatic heterocycles. The van der Waals surface area contributed by atoms with Crippen LogP contribution in [0.25, 0.3) is 0 Å². The number of hydrogen-bond acceptors (Lipinski definition) is 3. The topological polar surface area (TPSA) is 69.6 Å². The molecule has 0 spiro atoms. The zero-order chi connectivity index (χ0) is 40.7. The molecule has 0 aliphatic rings. The summed E-state index contributed by atoms with van der Waals surface area (Å²) >= 11 is 0. The van der Waals surface area contributed by atoms with Crippen molar-refractivity contribution in [3.63, 3.8) is 0 Å². The molecular weight excluding hydrogens is 687 g/mol. The molecule has 4 nitrogen and oxygen atoms in total. The van der Waals surface area contributed by atoms with Crippen LogP contribution in [0.5, 0.6) is 0 Å². The van der Waals surface area contributed by atoms with Crippen molar-refractivity contribution in [1.29, 1.82) is 0 Å². The largest absolute Gasteiger partial charge is 0.394 e. The summed E-state index contributed by atoms with van der Waals surface area (Å²) in [5.41, 5.74) is 0. The Kier molecular flexibility index (Phi) is 46.8. The van der Waals surface area contributed by atoms with E-state index in [0.717, 1.165) is 38.5 Å². The van der Waals surface area contributed by atoms with Gasteiger partial charge in [0.15, 0.2) is 0 Å². The van der Waals surface area contributed by atoms with Gasteiger partial charge in [-0.1, -0.05) is 256 Å². The van der Waals surface area contributed by atoms with Crippen LogP contribution in [-0.2, 0) is 4.79 Å². The molecule has 1 amide bonds. The summed E-state index contributed by atoms with van der Waals surface area (Å²) in [6, 6.07) is -0.643. The Hall–Kier alpha value is -1.39. The Bertz CT molecular complexity index is 851. The molecule has 56 heavy (non-hydrogen) atoms. The molecule has 3 N–H and O–H groups in total. The highest BCUT2D eigenvalue weighted by atomic mass is 16.3. The molecule has 0 rings (SSSR count). The highest BCUT2D eigenvalue weighted by Crippen LogP contribution is 2.17. The molecule has 0 aromatic carbocycles. The lowest BCUT2D eigenvalue weighted by Gasteiger charge is -2.19. The molecule has 2 atom stereocenters. The number of amides is 1. The fraction of sp³-hybridized carbons (Fsp3) is 0.865. The predicted molar refractivity (Wildman–Crippen MR) is 248 cm³/mol. The SMILES string of the molecule is CCCCCCCCCC/C=C/CC/C=C/CC/C=C/C(O)C(CO)NC(=O)CCCCCCCCCCCCCCCCCCCCCCCCCCCC. The normalized spacial score (nSPS) is 13.1. The van der Waals surface area contributed by atoms with Crippen LogP contribution in [0.1, 0.15) is 271 Å². The molecule has 0 saturated carbocycles. The number of unbranched alkanes of at least 4 members (excludes halogenated alkanes) is 35. The third-order valence-corrected chi connectivity index (χ3v) is 11.6. The number of aliphatic hydroxyl groups excluding tert-OH is 2. The third kappa shape index (κ3) is 43.7. The van der Waals surface area contributed by atoms with Crippen molar-refractivity contribution < 1.29 is 15.0 Å². The van der Waals surface area contributed by atoms with Gasteiger partial charge in [0.25, 0.3) is 0 Å². The number of aliphatic hydroxyl groups is 2. The van der Waals surface area contributed by atoms with Crippen molar-refractivity contribution in [2.24, 2.45) is 0 Å².